The fourth-order valence-corrected chi connectivity index (χ4v) is 3.24. The molecule has 1 aromatic carbocycles. The summed E-state index contributed by atoms with van der Waals surface area (Å²) in [5, 5.41) is 2.95. The van der Waals surface area contributed by atoms with Crippen LogP contribution >= 0.6 is 27.3 Å². The smallest absolute Gasteiger partial charge is 0.229 e. The SMILES string of the molecule is Cc1ccc(NC(=O)Cc2ccc(Br)s2)c(C)c1. The second-order valence-corrected chi connectivity index (χ2v) is 6.80. The van der Waals surface area contributed by atoms with Crippen molar-refractivity contribution in [1.82, 2.24) is 0 Å². The number of benzene rings is 1. The first-order chi connectivity index (χ1) is 8.54. The van der Waals surface area contributed by atoms with E-state index >= 15 is 0 Å². The highest BCUT2D eigenvalue weighted by Crippen LogP contribution is 2.23. The maximum Gasteiger partial charge on any atom is 0.229 e. The number of thiophene rings is 1. The third kappa shape index (κ3) is 3.43. The van der Waals surface area contributed by atoms with E-state index in [1.165, 1.54) is 5.56 Å². The van der Waals surface area contributed by atoms with Crippen LogP contribution in [0.1, 0.15) is 16.0 Å². The van der Waals surface area contributed by atoms with E-state index in [0.717, 1.165) is 19.9 Å². The Hall–Kier alpha value is -1.13. The van der Waals surface area contributed by atoms with Gasteiger partial charge in [-0.15, -0.1) is 11.3 Å². The van der Waals surface area contributed by atoms with Crippen LogP contribution in [0.3, 0.4) is 0 Å². The van der Waals surface area contributed by atoms with Gasteiger partial charge < -0.3 is 5.32 Å². The van der Waals surface area contributed by atoms with Crippen LogP contribution in [-0.4, -0.2) is 5.91 Å². The minimum Gasteiger partial charge on any atom is -0.326 e. The second kappa shape index (κ2) is 5.67. The van der Waals surface area contributed by atoms with Gasteiger partial charge in [-0.1, -0.05) is 17.7 Å². The molecule has 1 amide bonds. The Balaban J connectivity index is 2.03. The molecule has 0 fully saturated rings. The summed E-state index contributed by atoms with van der Waals surface area (Å²) in [6, 6.07) is 9.95. The van der Waals surface area contributed by atoms with Gasteiger partial charge in [-0.25, -0.2) is 0 Å². The summed E-state index contributed by atoms with van der Waals surface area (Å²) in [6.45, 7) is 4.05. The van der Waals surface area contributed by atoms with Gasteiger partial charge in [0.15, 0.2) is 0 Å². The number of hydrogen-bond donors (Lipinski definition) is 1. The van der Waals surface area contributed by atoms with Crippen LogP contribution in [0, 0.1) is 13.8 Å². The standard InChI is InChI=1S/C14H14BrNOS/c1-9-3-5-12(10(2)7-9)16-14(17)8-11-4-6-13(15)18-11/h3-7H,8H2,1-2H3,(H,16,17). The molecule has 0 aliphatic rings. The number of aryl methyl sites for hydroxylation is 2. The molecule has 0 bridgehead atoms. The van der Waals surface area contributed by atoms with Gasteiger partial charge in [0.05, 0.1) is 10.2 Å². The predicted octanol–water partition coefficient (Wildman–Crippen LogP) is 4.31. The highest BCUT2D eigenvalue weighted by molar-refractivity contribution is 9.11. The lowest BCUT2D eigenvalue weighted by Crippen LogP contribution is -2.14. The molecule has 0 spiro atoms. The number of carbonyl (C=O) groups excluding carboxylic acids is 1. The van der Waals surface area contributed by atoms with E-state index in [9.17, 15) is 4.79 Å². The molecule has 0 aliphatic carbocycles. The predicted molar refractivity (Wildman–Crippen MR) is 80.3 cm³/mol. The Morgan fingerprint density at radius 2 is 2.06 bits per heavy atom. The van der Waals surface area contributed by atoms with Gasteiger partial charge in [-0.05, 0) is 53.5 Å². The molecule has 0 saturated heterocycles. The molecule has 1 heterocycles. The summed E-state index contributed by atoms with van der Waals surface area (Å²) in [5.74, 6) is 0.0244. The highest BCUT2D eigenvalue weighted by Gasteiger charge is 2.07. The molecule has 2 rings (SSSR count). The molecule has 0 radical (unpaired) electrons. The third-order valence-electron chi connectivity index (χ3n) is 2.62. The van der Waals surface area contributed by atoms with E-state index in [-0.39, 0.29) is 5.91 Å². The van der Waals surface area contributed by atoms with Crippen LogP contribution in [-0.2, 0) is 11.2 Å². The molecule has 1 aromatic heterocycles. The van der Waals surface area contributed by atoms with Crippen molar-refractivity contribution in [3.8, 4) is 0 Å². The maximum absolute atomic E-state index is 11.9. The van der Waals surface area contributed by atoms with Crippen LogP contribution in [0.2, 0.25) is 0 Å². The van der Waals surface area contributed by atoms with Gasteiger partial charge in [0.2, 0.25) is 5.91 Å². The maximum atomic E-state index is 11.9. The minimum atomic E-state index is 0.0244. The van der Waals surface area contributed by atoms with Gasteiger partial charge in [0.1, 0.15) is 0 Å². The lowest BCUT2D eigenvalue weighted by Gasteiger charge is -2.08. The lowest BCUT2D eigenvalue weighted by atomic mass is 10.1. The Labute approximate surface area is 119 Å². The summed E-state index contributed by atoms with van der Waals surface area (Å²) >= 11 is 4.98. The molecule has 0 aliphatic heterocycles. The van der Waals surface area contributed by atoms with E-state index in [1.807, 2.05) is 38.1 Å². The highest BCUT2D eigenvalue weighted by atomic mass is 79.9. The molecular weight excluding hydrogens is 310 g/mol. The quantitative estimate of drug-likeness (QED) is 0.896. The molecule has 0 unspecified atom stereocenters. The van der Waals surface area contributed by atoms with Crippen molar-refractivity contribution in [3.05, 3.63) is 50.1 Å². The normalized spacial score (nSPS) is 10.4. The molecule has 18 heavy (non-hydrogen) atoms. The first-order valence-corrected chi connectivity index (χ1v) is 7.27. The van der Waals surface area contributed by atoms with Crippen molar-refractivity contribution in [1.29, 1.82) is 0 Å². The van der Waals surface area contributed by atoms with E-state index in [2.05, 4.69) is 27.3 Å². The van der Waals surface area contributed by atoms with Crippen LogP contribution in [0.15, 0.2) is 34.1 Å². The van der Waals surface area contributed by atoms with Gasteiger partial charge in [-0.2, -0.15) is 0 Å². The Morgan fingerprint density at radius 1 is 1.28 bits per heavy atom. The van der Waals surface area contributed by atoms with Crippen molar-refractivity contribution >= 4 is 38.9 Å². The number of amides is 1. The molecule has 94 valence electrons. The molecule has 0 atom stereocenters. The molecule has 1 N–H and O–H groups in total. The Morgan fingerprint density at radius 3 is 2.67 bits per heavy atom. The van der Waals surface area contributed by atoms with Crippen LogP contribution in [0.4, 0.5) is 5.69 Å². The average Bonchev–Trinajstić information content (AvgIpc) is 2.68. The van der Waals surface area contributed by atoms with E-state index in [4.69, 9.17) is 0 Å². The van der Waals surface area contributed by atoms with Gasteiger partial charge >= 0.3 is 0 Å². The Kier molecular flexibility index (Phi) is 4.19. The van der Waals surface area contributed by atoms with Crippen LogP contribution in [0.5, 0.6) is 0 Å². The summed E-state index contributed by atoms with van der Waals surface area (Å²) < 4.78 is 1.05. The topological polar surface area (TPSA) is 29.1 Å². The van der Waals surface area contributed by atoms with Crippen LogP contribution < -0.4 is 5.32 Å². The fraction of sp³-hybridized carbons (Fsp3) is 0.214. The number of rotatable bonds is 3. The van der Waals surface area contributed by atoms with Gasteiger partial charge in [0, 0.05) is 10.6 Å². The average molecular weight is 324 g/mol. The summed E-state index contributed by atoms with van der Waals surface area (Å²) in [6.07, 6.45) is 0.420. The monoisotopic (exact) mass is 323 g/mol. The van der Waals surface area contributed by atoms with Crippen molar-refractivity contribution in [2.75, 3.05) is 5.32 Å². The number of nitrogens with one attached hydrogen (secondary N) is 1. The number of carbonyl (C=O) groups is 1. The summed E-state index contributed by atoms with van der Waals surface area (Å²) in [5.41, 5.74) is 3.18. The summed E-state index contributed by atoms with van der Waals surface area (Å²) in [7, 11) is 0. The first kappa shape index (κ1) is 13.3. The second-order valence-electron chi connectivity index (χ2n) is 4.25. The summed E-state index contributed by atoms with van der Waals surface area (Å²) in [4.78, 5) is 13.0. The number of hydrogen-bond acceptors (Lipinski definition) is 2. The van der Waals surface area contributed by atoms with Gasteiger partial charge in [0.25, 0.3) is 0 Å². The van der Waals surface area contributed by atoms with Crippen LogP contribution in [0.25, 0.3) is 0 Å². The number of anilines is 1. The molecule has 2 aromatic rings. The molecule has 2 nitrogen and oxygen atoms in total. The van der Waals surface area contributed by atoms with E-state index in [0.29, 0.717) is 6.42 Å². The third-order valence-corrected chi connectivity index (χ3v) is 4.24. The zero-order chi connectivity index (χ0) is 13.1. The fourth-order valence-electron chi connectivity index (χ4n) is 1.75. The zero-order valence-electron chi connectivity index (χ0n) is 10.3. The van der Waals surface area contributed by atoms with E-state index in [1.54, 1.807) is 11.3 Å². The number of halogens is 1. The molecule has 4 heteroatoms. The molecule has 0 saturated carbocycles. The lowest BCUT2D eigenvalue weighted by molar-refractivity contribution is -0.115. The van der Waals surface area contributed by atoms with E-state index < -0.39 is 0 Å². The largest absolute Gasteiger partial charge is 0.326 e. The van der Waals surface area contributed by atoms with Crippen molar-refractivity contribution in [2.24, 2.45) is 0 Å². The first-order valence-electron chi connectivity index (χ1n) is 5.66. The Bertz CT molecular complexity index is 577. The molecular formula is C14H14BrNOS. The van der Waals surface area contributed by atoms with Gasteiger partial charge in [-0.3, -0.25) is 4.79 Å². The minimum absolute atomic E-state index is 0.0244. The van der Waals surface area contributed by atoms with Crippen molar-refractivity contribution in [2.45, 2.75) is 20.3 Å². The zero-order valence-corrected chi connectivity index (χ0v) is 12.7. The van der Waals surface area contributed by atoms with Crippen molar-refractivity contribution in [3.63, 3.8) is 0 Å². The van der Waals surface area contributed by atoms with Crippen molar-refractivity contribution < 1.29 is 4.79 Å².